The lowest BCUT2D eigenvalue weighted by Crippen LogP contribution is -2.42. The number of rotatable bonds is 0. The summed E-state index contributed by atoms with van der Waals surface area (Å²) in [6.07, 6.45) is 2.43. The van der Waals surface area contributed by atoms with Crippen LogP contribution in [0.5, 0.6) is 5.75 Å². The Labute approximate surface area is 118 Å². The molecule has 1 heterocycles. The normalized spacial score (nSPS) is 35.0. The SMILES string of the molecule is CC.Cc1cc(C)c2c(c1)C1(C)C[C@@H](C)CC1(C)O2. The Hall–Kier alpha value is -0.980. The first-order chi connectivity index (χ1) is 8.86. The lowest BCUT2D eigenvalue weighted by atomic mass is 9.73. The van der Waals surface area contributed by atoms with E-state index in [-0.39, 0.29) is 11.0 Å². The van der Waals surface area contributed by atoms with Crippen molar-refractivity contribution < 1.29 is 4.74 Å². The number of benzene rings is 1. The lowest BCUT2D eigenvalue weighted by Gasteiger charge is -2.33. The number of fused-ring (bicyclic) bond motifs is 3. The minimum Gasteiger partial charge on any atom is -0.486 e. The van der Waals surface area contributed by atoms with Gasteiger partial charge in [0.1, 0.15) is 11.4 Å². The number of hydrogen-bond acceptors (Lipinski definition) is 1. The van der Waals surface area contributed by atoms with Crippen molar-refractivity contribution in [1.29, 1.82) is 0 Å². The molecule has 1 nitrogen and oxygen atoms in total. The van der Waals surface area contributed by atoms with Gasteiger partial charge in [0, 0.05) is 11.0 Å². The van der Waals surface area contributed by atoms with Gasteiger partial charge in [-0.2, -0.15) is 0 Å². The maximum Gasteiger partial charge on any atom is 0.127 e. The summed E-state index contributed by atoms with van der Waals surface area (Å²) in [6.45, 7) is 15.4. The van der Waals surface area contributed by atoms with E-state index in [9.17, 15) is 0 Å². The molecule has 0 aromatic heterocycles. The summed E-state index contributed by atoms with van der Waals surface area (Å²) >= 11 is 0. The zero-order valence-electron chi connectivity index (χ0n) is 13.6. The molecule has 0 N–H and O–H groups in total. The van der Waals surface area contributed by atoms with E-state index in [0.717, 1.165) is 11.7 Å². The van der Waals surface area contributed by atoms with E-state index in [2.05, 4.69) is 46.8 Å². The topological polar surface area (TPSA) is 9.23 Å². The zero-order valence-corrected chi connectivity index (χ0v) is 13.6. The smallest absolute Gasteiger partial charge is 0.127 e. The van der Waals surface area contributed by atoms with Crippen molar-refractivity contribution in [3.8, 4) is 5.75 Å². The van der Waals surface area contributed by atoms with Gasteiger partial charge < -0.3 is 4.74 Å². The molecule has 0 saturated heterocycles. The molecule has 0 bridgehead atoms. The molecule has 1 aromatic carbocycles. The van der Waals surface area contributed by atoms with E-state index in [4.69, 9.17) is 4.74 Å². The maximum atomic E-state index is 6.38. The van der Waals surface area contributed by atoms with Crippen LogP contribution in [0.3, 0.4) is 0 Å². The van der Waals surface area contributed by atoms with E-state index >= 15 is 0 Å². The van der Waals surface area contributed by atoms with Crippen LogP contribution in [-0.4, -0.2) is 5.60 Å². The standard InChI is InChI=1S/C16H22O.C2H6/c1-10-6-12(3)14-13(7-10)15(4)8-11(2)9-16(15,5)17-14;1-2/h6-7,11H,8-9H2,1-5H3;1-2H3/t11-,15?,16?;/m1./s1. The van der Waals surface area contributed by atoms with Crippen molar-refractivity contribution in [1.82, 2.24) is 0 Å². The molecule has 1 saturated carbocycles. The van der Waals surface area contributed by atoms with Crippen LogP contribution in [0.25, 0.3) is 0 Å². The Bertz CT molecular complexity index is 491. The van der Waals surface area contributed by atoms with Gasteiger partial charge in [-0.1, -0.05) is 45.4 Å². The van der Waals surface area contributed by atoms with Crippen LogP contribution in [0, 0.1) is 19.8 Å². The van der Waals surface area contributed by atoms with Gasteiger partial charge in [0.15, 0.2) is 0 Å². The molecule has 1 fully saturated rings. The van der Waals surface area contributed by atoms with Gasteiger partial charge in [0.2, 0.25) is 0 Å². The molecule has 1 aromatic rings. The number of hydrogen-bond donors (Lipinski definition) is 0. The fourth-order valence-corrected chi connectivity index (χ4v) is 4.15. The molecule has 19 heavy (non-hydrogen) atoms. The van der Waals surface area contributed by atoms with Crippen LogP contribution in [0.4, 0.5) is 0 Å². The van der Waals surface area contributed by atoms with Gasteiger partial charge in [-0.15, -0.1) is 0 Å². The highest BCUT2D eigenvalue weighted by Gasteiger charge is 2.59. The summed E-state index contributed by atoms with van der Waals surface area (Å²) in [7, 11) is 0. The van der Waals surface area contributed by atoms with E-state index in [1.54, 1.807) is 0 Å². The summed E-state index contributed by atoms with van der Waals surface area (Å²) in [5, 5.41) is 0. The Morgan fingerprint density at radius 1 is 1.11 bits per heavy atom. The molecule has 3 atom stereocenters. The van der Waals surface area contributed by atoms with Crippen molar-refractivity contribution in [2.24, 2.45) is 5.92 Å². The van der Waals surface area contributed by atoms with Crippen molar-refractivity contribution in [2.45, 2.75) is 72.3 Å². The molecule has 1 aliphatic heterocycles. The van der Waals surface area contributed by atoms with E-state index in [0.29, 0.717) is 0 Å². The molecular formula is C18H28O. The highest BCUT2D eigenvalue weighted by molar-refractivity contribution is 5.54. The second-order valence-electron chi connectivity index (χ2n) is 6.64. The third-order valence-electron chi connectivity index (χ3n) is 5.00. The van der Waals surface area contributed by atoms with Crippen LogP contribution in [0.1, 0.15) is 64.2 Å². The van der Waals surface area contributed by atoms with Gasteiger partial charge in [0.25, 0.3) is 0 Å². The molecule has 0 amide bonds. The van der Waals surface area contributed by atoms with Crippen LogP contribution >= 0.6 is 0 Å². The van der Waals surface area contributed by atoms with Gasteiger partial charge in [-0.05, 0) is 45.1 Å². The van der Waals surface area contributed by atoms with Gasteiger partial charge in [-0.25, -0.2) is 0 Å². The third kappa shape index (κ3) is 1.89. The molecule has 1 aliphatic carbocycles. The Kier molecular flexibility index (Phi) is 3.45. The first kappa shape index (κ1) is 14.4. The van der Waals surface area contributed by atoms with E-state index in [1.807, 2.05) is 13.8 Å². The fraction of sp³-hybridized carbons (Fsp3) is 0.667. The van der Waals surface area contributed by atoms with E-state index in [1.165, 1.54) is 29.5 Å². The largest absolute Gasteiger partial charge is 0.486 e. The number of aryl methyl sites for hydroxylation is 2. The average Bonchev–Trinajstić information content (AvgIpc) is 2.67. The number of ether oxygens (including phenoxy) is 1. The summed E-state index contributed by atoms with van der Waals surface area (Å²) in [4.78, 5) is 0. The molecule has 0 spiro atoms. The van der Waals surface area contributed by atoms with Crippen LogP contribution in [0.2, 0.25) is 0 Å². The van der Waals surface area contributed by atoms with E-state index < -0.39 is 0 Å². The van der Waals surface area contributed by atoms with Gasteiger partial charge in [-0.3, -0.25) is 0 Å². The maximum absolute atomic E-state index is 6.38. The van der Waals surface area contributed by atoms with Crippen LogP contribution in [0.15, 0.2) is 12.1 Å². The Balaban J connectivity index is 0.000000637. The van der Waals surface area contributed by atoms with Gasteiger partial charge in [0.05, 0.1) is 0 Å². The molecule has 0 radical (unpaired) electrons. The highest BCUT2D eigenvalue weighted by Crippen LogP contribution is 2.60. The quantitative estimate of drug-likeness (QED) is 0.625. The molecule has 106 valence electrons. The summed E-state index contributed by atoms with van der Waals surface area (Å²) in [5.41, 5.74) is 4.31. The first-order valence-corrected chi connectivity index (χ1v) is 7.66. The summed E-state index contributed by atoms with van der Waals surface area (Å²) in [6, 6.07) is 4.57. The predicted molar refractivity (Wildman–Crippen MR) is 82.0 cm³/mol. The molecule has 1 heteroatoms. The molecule has 3 rings (SSSR count). The van der Waals surface area contributed by atoms with Crippen molar-refractivity contribution in [2.75, 3.05) is 0 Å². The molecule has 2 aliphatic rings. The molecule has 2 unspecified atom stereocenters. The Morgan fingerprint density at radius 2 is 1.74 bits per heavy atom. The zero-order chi connectivity index (χ0) is 14.4. The lowest BCUT2D eigenvalue weighted by molar-refractivity contribution is 0.0654. The first-order valence-electron chi connectivity index (χ1n) is 7.66. The van der Waals surface area contributed by atoms with Gasteiger partial charge >= 0.3 is 0 Å². The van der Waals surface area contributed by atoms with Crippen molar-refractivity contribution in [3.63, 3.8) is 0 Å². The highest BCUT2D eigenvalue weighted by atomic mass is 16.5. The summed E-state index contributed by atoms with van der Waals surface area (Å²) < 4.78 is 6.38. The minimum atomic E-state index is 0.00725. The van der Waals surface area contributed by atoms with Crippen LogP contribution < -0.4 is 4.74 Å². The molecular weight excluding hydrogens is 232 g/mol. The minimum absolute atomic E-state index is 0.00725. The Morgan fingerprint density at radius 3 is 2.37 bits per heavy atom. The monoisotopic (exact) mass is 260 g/mol. The third-order valence-corrected chi connectivity index (χ3v) is 5.00. The van der Waals surface area contributed by atoms with Crippen molar-refractivity contribution in [3.05, 3.63) is 28.8 Å². The second kappa shape index (κ2) is 4.54. The van der Waals surface area contributed by atoms with Crippen molar-refractivity contribution >= 4 is 0 Å². The average molecular weight is 260 g/mol. The second-order valence-corrected chi connectivity index (χ2v) is 6.64. The summed E-state index contributed by atoms with van der Waals surface area (Å²) in [5.74, 6) is 1.92. The van der Waals surface area contributed by atoms with Crippen LogP contribution in [-0.2, 0) is 5.41 Å². The fourth-order valence-electron chi connectivity index (χ4n) is 4.15. The predicted octanol–water partition coefficient (Wildman–Crippen LogP) is 5.17.